The molecule has 6 heteroatoms. The van der Waals surface area contributed by atoms with E-state index >= 15 is 0 Å². The molecule has 0 saturated carbocycles. The van der Waals surface area contributed by atoms with Crippen molar-refractivity contribution in [2.75, 3.05) is 4.90 Å². The molecule has 0 radical (unpaired) electrons. The van der Waals surface area contributed by atoms with E-state index in [-0.39, 0.29) is 6.04 Å². The van der Waals surface area contributed by atoms with Crippen molar-refractivity contribution in [2.24, 2.45) is 0 Å². The van der Waals surface area contributed by atoms with Crippen LogP contribution < -0.4 is 10.2 Å². The van der Waals surface area contributed by atoms with E-state index in [9.17, 15) is 0 Å². The fourth-order valence-corrected chi connectivity index (χ4v) is 4.73. The molecule has 3 aromatic carbocycles. The first-order valence-electron chi connectivity index (χ1n) is 11.8. The predicted molar refractivity (Wildman–Crippen MR) is 145 cm³/mol. The number of anilines is 1. The monoisotopic (exact) mass is 480 g/mol. The zero-order chi connectivity index (χ0) is 24.5. The number of aromatic nitrogens is 2. The topological polar surface area (TPSA) is 54.2 Å². The molecule has 1 aromatic heterocycles. The lowest BCUT2D eigenvalue weighted by molar-refractivity contribution is 0.404. The van der Waals surface area contributed by atoms with Crippen LogP contribution in [0.5, 0.6) is 0 Å². The molecule has 1 aliphatic heterocycles. The maximum Gasteiger partial charge on any atom is 0.258 e. The molecule has 5 rings (SSSR count). The minimum Gasteiger partial charge on any atom is -0.351 e. The third-order valence-corrected chi connectivity index (χ3v) is 6.76. The molecule has 5 nitrogen and oxygen atoms in total. The SMILES string of the molecule is CCc1ccc(N2C(=S)NC(c3ccc(C)cc3)C(c3nc(-c4ccc(C)cc4)no3)=C2C)cc1. The van der Waals surface area contributed by atoms with E-state index < -0.39 is 0 Å². The van der Waals surface area contributed by atoms with Crippen LogP contribution in [-0.4, -0.2) is 15.3 Å². The van der Waals surface area contributed by atoms with E-state index in [0.29, 0.717) is 16.8 Å². The van der Waals surface area contributed by atoms with Gasteiger partial charge in [-0.1, -0.05) is 83.9 Å². The number of hydrogen-bond acceptors (Lipinski definition) is 4. The first-order valence-corrected chi connectivity index (χ1v) is 12.2. The van der Waals surface area contributed by atoms with Crippen LogP contribution in [0.25, 0.3) is 17.0 Å². The first-order chi connectivity index (χ1) is 16.9. The summed E-state index contributed by atoms with van der Waals surface area (Å²) in [6.45, 7) is 8.36. The molecule has 0 aliphatic carbocycles. The Hall–Kier alpha value is -3.77. The summed E-state index contributed by atoms with van der Waals surface area (Å²) in [6.07, 6.45) is 0.988. The van der Waals surface area contributed by atoms with Crippen LogP contribution in [0, 0.1) is 13.8 Å². The zero-order valence-corrected chi connectivity index (χ0v) is 21.2. The fraction of sp³-hybridized carbons (Fsp3) is 0.207. The van der Waals surface area contributed by atoms with Crippen LogP contribution in [0.3, 0.4) is 0 Å². The number of nitrogens with one attached hydrogen (secondary N) is 1. The molecule has 1 aliphatic rings. The van der Waals surface area contributed by atoms with Crippen molar-refractivity contribution in [2.45, 2.75) is 40.2 Å². The highest BCUT2D eigenvalue weighted by molar-refractivity contribution is 7.80. The highest BCUT2D eigenvalue weighted by atomic mass is 32.1. The number of hydrogen-bond donors (Lipinski definition) is 1. The van der Waals surface area contributed by atoms with Gasteiger partial charge < -0.3 is 9.84 Å². The maximum atomic E-state index is 5.86. The number of allylic oxidation sites excluding steroid dienone is 1. The van der Waals surface area contributed by atoms with Gasteiger partial charge in [0.25, 0.3) is 5.89 Å². The van der Waals surface area contributed by atoms with Crippen molar-refractivity contribution in [3.63, 3.8) is 0 Å². The summed E-state index contributed by atoms with van der Waals surface area (Å²) in [5.41, 5.74) is 8.54. The van der Waals surface area contributed by atoms with E-state index in [1.54, 1.807) is 0 Å². The van der Waals surface area contributed by atoms with Crippen LogP contribution >= 0.6 is 12.2 Å². The molecule has 1 unspecified atom stereocenters. The van der Waals surface area contributed by atoms with Gasteiger partial charge in [0.1, 0.15) is 0 Å². The van der Waals surface area contributed by atoms with E-state index in [2.05, 4.69) is 86.7 Å². The quantitative estimate of drug-likeness (QED) is 0.318. The van der Waals surface area contributed by atoms with Gasteiger partial charge in [-0.3, -0.25) is 4.90 Å². The first kappa shape index (κ1) is 23.0. The average molecular weight is 481 g/mol. The summed E-state index contributed by atoms with van der Waals surface area (Å²) in [5.74, 6) is 1.05. The predicted octanol–water partition coefficient (Wildman–Crippen LogP) is 6.78. The maximum absolute atomic E-state index is 5.86. The number of benzene rings is 3. The lowest BCUT2D eigenvalue weighted by Gasteiger charge is -2.37. The lowest BCUT2D eigenvalue weighted by atomic mass is 9.94. The normalized spacial score (nSPS) is 15.9. The van der Waals surface area contributed by atoms with Gasteiger partial charge in [0.05, 0.1) is 11.6 Å². The van der Waals surface area contributed by atoms with E-state index in [0.717, 1.165) is 34.5 Å². The Morgan fingerprint density at radius 2 is 1.51 bits per heavy atom. The van der Waals surface area contributed by atoms with Crippen molar-refractivity contribution in [3.8, 4) is 11.4 Å². The summed E-state index contributed by atoms with van der Waals surface area (Å²) in [7, 11) is 0. The number of rotatable bonds is 5. The third kappa shape index (κ3) is 4.49. The van der Waals surface area contributed by atoms with Crippen molar-refractivity contribution >= 4 is 28.6 Å². The minimum absolute atomic E-state index is 0.208. The second-order valence-corrected chi connectivity index (χ2v) is 9.32. The Labute approximate surface area is 211 Å². The van der Waals surface area contributed by atoms with Crippen LogP contribution in [0.4, 0.5) is 5.69 Å². The standard InChI is InChI=1S/C29H28N4OS/c1-5-21-10-16-24(17-11-21)33-20(4)25(26(30-29(33)35)22-12-6-18(2)7-13-22)28-31-27(32-34-28)23-14-8-19(3)9-15-23/h6-17,26H,5H2,1-4H3,(H,30,35). The van der Waals surface area contributed by atoms with Crippen molar-refractivity contribution in [3.05, 3.63) is 107 Å². The van der Waals surface area contributed by atoms with Gasteiger partial charge in [0, 0.05) is 16.9 Å². The molecule has 0 spiro atoms. The Balaban J connectivity index is 1.63. The van der Waals surface area contributed by atoms with Crippen LogP contribution in [0.15, 0.2) is 83.0 Å². The molecule has 4 aromatic rings. The molecule has 1 atom stereocenters. The summed E-state index contributed by atoms with van der Waals surface area (Å²) >= 11 is 5.86. The Bertz CT molecular complexity index is 1390. The molecule has 35 heavy (non-hydrogen) atoms. The van der Waals surface area contributed by atoms with Crippen LogP contribution in [0.2, 0.25) is 0 Å². The second kappa shape index (κ2) is 9.47. The summed E-state index contributed by atoms with van der Waals surface area (Å²) in [5, 5.41) is 8.48. The van der Waals surface area contributed by atoms with Gasteiger partial charge in [0.2, 0.25) is 5.82 Å². The largest absolute Gasteiger partial charge is 0.351 e. The highest BCUT2D eigenvalue weighted by Crippen LogP contribution is 2.39. The van der Waals surface area contributed by atoms with Gasteiger partial charge >= 0.3 is 0 Å². The van der Waals surface area contributed by atoms with Crippen LogP contribution in [0.1, 0.15) is 48.0 Å². The van der Waals surface area contributed by atoms with Crippen LogP contribution in [-0.2, 0) is 6.42 Å². The number of thiocarbonyl (C=S) groups is 1. The lowest BCUT2D eigenvalue weighted by Crippen LogP contribution is -2.46. The average Bonchev–Trinajstić information content (AvgIpc) is 3.35. The van der Waals surface area contributed by atoms with Crippen molar-refractivity contribution < 1.29 is 4.52 Å². The summed E-state index contributed by atoms with van der Waals surface area (Å²) in [4.78, 5) is 6.86. The molecular formula is C29H28N4OS. The molecule has 2 heterocycles. The molecule has 1 N–H and O–H groups in total. The highest BCUT2D eigenvalue weighted by Gasteiger charge is 2.34. The Kier molecular flexibility index (Phi) is 6.22. The smallest absolute Gasteiger partial charge is 0.258 e. The molecule has 176 valence electrons. The van der Waals surface area contributed by atoms with Gasteiger partial charge in [-0.25, -0.2) is 0 Å². The molecular weight excluding hydrogens is 452 g/mol. The number of nitrogens with zero attached hydrogens (tertiary/aromatic N) is 3. The summed E-state index contributed by atoms with van der Waals surface area (Å²) < 4.78 is 5.86. The van der Waals surface area contributed by atoms with E-state index in [4.69, 9.17) is 21.7 Å². The third-order valence-electron chi connectivity index (χ3n) is 6.46. The fourth-order valence-electron chi connectivity index (χ4n) is 4.37. The van der Waals surface area contributed by atoms with Crippen molar-refractivity contribution in [1.82, 2.24) is 15.5 Å². The molecule has 0 fully saturated rings. The van der Waals surface area contributed by atoms with E-state index in [1.807, 2.05) is 29.2 Å². The molecule has 0 bridgehead atoms. The van der Waals surface area contributed by atoms with Gasteiger partial charge in [-0.05, 0) is 62.7 Å². The van der Waals surface area contributed by atoms with Gasteiger partial charge in [-0.15, -0.1) is 0 Å². The Morgan fingerprint density at radius 3 is 2.14 bits per heavy atom. The van der Waals surface area contributed by atoms with Gasteiger partial charge in [0.15, 0.2) is 5.11 Å². The molecule has 0 saturated heterocycles. The van der Waals surface area contributed by atoms with Crippen molar-refractivity contribution in [1.29, 1.82) is 0 Å². The van der Waals surface area contributed by atoms with E-state index in [1.165, 1.54) is 16.7 Å². The van der Waals surface area contributed by atoms with Gasteiger partial charge in [-0.2, -0.15) is 4.98 Å². The summed E-state index contributed by atoms with van der Waals surface area (Å²) in [6, 6.07) is 24.8. The Morgan fingerprint density at radius 1 is 0.886 bits per heavy atom. The zero-order valence-electron chi connectivity index (χ0n) is 20.4. The number of aryl methyl sites for hydroxylation is 3. The second-order valence-electron chi connectivity index (χ2n) is 8.94. The minimum atomic E-state index is -0.208. The molecule has 0 amide bonds.